The number of hydrogen-bond donors (Lipinski definition) is 11. The lowest BCUT2D eigenvalue weighted by Gasteiger charge is -2.19. The fourth-order valence-electron chi connectivity index (χ4n) is 8.36. The second kappa shape index (κ2) is 52.8. The van der Waals surface area contributed by atoms with Gasteiger partial charge in [0.2, 0.25) is 27.7 Å². The quantitative estimate of drug-likeness (QED) is 0.00456. The van der Waals surface area contributed by atoms with E-state index in [1.807, 2.05) is 20.8 Å². The zero-order chi connectivity index (χ0) is 110. The van der Waals surface area contributed by atoms with Crippen molar-refractivity contribution in [2.75, 3.05) is 120 Å². The number of anilines is 16. The highest BCUT2D eigenvalue weighted by molar-refractivity contribution is 6.66. The molecular weight excluding hydrogens is 1710 g/mol. The predicted molar refractivity (Wildman–Crippen MR) is 480 cm³/mol. The molecule has 32 nitrogen and oxygen atoms in total. The molecular formula is C85H97Cl4F4N19O13. The molecule has 0 atom stereocenters. The van der Waals surface area contributed by atoms with Gasteiger partial charge in [-0.05, 0) is 249 Å². The number of nitrogens with one attached hydrogen (secondary N) is 8. The number of methoxy groups -OCH3 is 3. The van der Waals surface area contributed by atoms with Gasteiger partial charge in [0.15, 0.2) is 45.9 Å². The van der Waals surface area contributed by atoms with E-state index >= 15 is 0 Å². The number of allylic oxidation sites excluding steroid dienone is 1. The van der Waals surface area contributed by atoms with Crippen molar-refractivity contribution in [3.05, 3.63) is 246 Å². The maximum Gasteiger partial charge on any atom is 0.412 e. The van der Waals surface area contributed by atoms with E-state index in [4.69, 9.17) is 121 Å². The fourth-order valence-corrected chi connectivity index (χ4v) is 8.79. The Kier molecular flexibility index (Phi) is 30.9. The molecule has 125 heavy (non-hydrogen) atoms. The standard InChI is InChI=1S/C24H28FN5O4.C19H20FN5O2.C15H16ClFN4O2.C11H16N2O2.C9H13NO2.C4HCl2FN2.C3H3ClO/c1-24(2,3)34-23(31)29-18-7-5-6-17(14-18)27-21-20(25)15-26-22(30-21)28-16-8-10-19(11-9-16)33-13-12-32-4;1-26-9-10-27-16-7-5-14(6-8-16)24-19-22-12-17(20)18(25-19)23-15-4-2-3-13(21)11-15;1-15(2,3)23-14(22)20-10-6-4-5-9(7-10)19-12-11(17)8-18-13(16)21-12;1-11(2,3)15-10(14)13-9-6-4-5-8(12)7-9;1-11-6-7-12-9-4-2-8(10)3-5-9;5-3-2(7)1-8-4(6)9-3;1-2-3(4)5/h5-11,14-15H,12-13H2,1-4H3,(H,29,31)(H2,26,27,28,30);2-8,11-12H,9-10,21H2,1H3,(H2,22,23,24,25);4-8H,1-3H3,(H,20,22)(H,18,19,21);4-7H,12H2,1-3H3,(H,13,14);2-5H,6-7,10H2,1H3;1H;2H,1H2/i4D3,12D2,13D2;1D3,9D2,10D2;;;1D3,6D2,7D2;;. The number of rotatable bonds is 26. The average Bonchev–Trinajstić information content (AvgIpc) is 0.798. The molecule has 4 aromatic heterocycles. The highest BCUT2D eigenvalue weighted by Gasteiger charge is 2.20. The Morgan fingerprint density at radius 2 is 0.704 bits per heavy atom. The summed E-state index contributed by atoms with van der Waals surface area (Å²) in [6.45, 7) is 0.0829. The first kappa shape index (κ1) is 73.2. The number of ether oxygens (including phenoxy) is 9. The Labute approximate surface area is 769 Å². The van der Waals surface area contributed by atoms with Crippen molar-refractivity contribution < 1.29 is 108 Å². The van der Waals surface area contributed by atoms with E-state index in [2.05, 4.69) is 103 Å². The molecule has 0 saturated carbocycles. The largest absolute Gasteiger partial charge is 0.491 e. The molecule has 0 unspecified atom stereocenters. The van der Waals surface area contributed by atoms with Crippen LogP contribution in [0.4, 0.5) is 124 Å². The summed E-state index contributed by atoms with van der Waals surface area (Å²) in [7, 11) is -9.43. The van der Waals surface area contributed by atoms with Gasteiger partial charge in [0.1, 0.15) is 53.7 Å². The van der Waals surface area contributed by atoms with Crippen molar-refractivity contribution >= 4 is 162 Å². The summed E-state index contributed by atoms with van der Waals surface area (Å²) in [4.78, 5) is 74.5. The van der Waals surface area contributed by atoms with Crippen molar-refractivity contribution in [3.63, 3.8) is 0 Å². The van der Waals surface area contributed by atoms with E-state index < -0.39 is 124 Å². The minimum atomic E-state index is -3.29. The lowest BCUT2D eigenvalue weighted by Crippen LogP contribution is -2.27. The monoisotopic (exact) mass is 1830 g/mol. The van der Waals surface area contributed by atoms with Gasteiger partial charge in [-0.2, -0.15) is 15.0 Å². The van der Waals surface area contributed by atoms with Crippen molar-refractivity contribution in [2.45, 2.75) is 79.1 Å². The van der Waals surface area contributed by atoms with Crippen LogP contribution in [0.25, 0.3) is 0 Å². The topological polar surface area (TPSA) is 429 Å². The maximum absolute atomic E-state index is 14.5. The van der Waals surface area contributed by atoms with E-state index in [0.717, 1.165) is 30.9 Å². The van der Waals surface area contributed by atoms with Crippen LogP contribution in [0.15, 0.2) is 207 Å². The van der Waals surface area contributed by atoms with Gasteiger partial charge in [-0.3, -0.25) is 20.7 Å². The van der Waals surface area contributed by atoms with Crippen LogP contribution < -0.4 is 73.9 Å². The van der Waals surface area contributed by atoms with Gasteiger partial charge in [0.25, 0.3) is 0 Å². The number of amides is 3. The first-order valence-electron chi connectivity index (χ1n) is 45.9. The molecule has 3 amide bonds. The normalized spacial score (nSPS) is 13.9. The number of benzene rings is 7. The molecule has 0 spiro atoms. The summed E-state index contributed by atoms with van der Waals surface area (Å²) in [6, 6.07) is 43.2. The summed E-state index contributed by atoms with van der Waals surface area (Å²) >= 11 is 20.8. The Morgan fingerprint density at radius 1 is 0.400 bits per heavy atom. The van der Waals surface area contributed by atoms with Gasteiger partial charge < -0.3 is 86.4 Å². The summed E-state index contributed by atoms with van der Waals surface area (Å²) in [5, 5.41) is 21.0. The zero-order valence-corrected chi connectivity index (χ0v) is 70.4. The molecule has 11 rings (SSSR count). The summed E-state index contributed by atoms with van der Waals surface area (Å²) in [5.41, 5.74) is 20.3. The second-order valence-corrected chi connectivity index (χ2v) is 28.1. The summed E-state index contributed by atoms with van der Waals surface area (Å²) < 4.78 is 251. The van der Waals surface area contributed by atoms with E-state index in [0.29, 0.717) is 62.6 Å². The number of aromatic nitrogens is 8. The van der Waals surface area contributed by atoms with Crippen LogP contribution in [0.2, 0.25) is 15.7 Å². The van der Waals surface area contributed by atoms with Gasteiger partial charge >= 0.3 is 18.3 Å². The van der Waals surface area contributed by atoms with Crippen LogP contribution in [0.1, 0.15) is 91.1 Å². The first-order chi connectivity index (χ1) is 67.0. The van der Waals surface area contributed by atoms with Gasteiger partial charge in [-0.1, -0.05) is 42.4 Å². The zero-order valence-electron chi connectivity index (χ0n) is 88.4. The average molecular weight is 1830 g/mol. The number of nitrogen functional groups attached to an aromatic ring is 3. The molecule has 0 fully saturated rings. The number of nitrogens with two attached hydrogens (primary N) is 3. The highest BCUT2D eigenvalue weighted by Crippen LogP contribution is 2.29. The van der Waals surface area contributed by atoms with Crippen LogP contribution in [-0.2, 0) is 33.2 Å². The number of halogens is 8. The smallest absolute Gasteiger partial charge is 0.412 e. The number of nitrogens with zero attached hydrogens (tertiary/aromatic N) is 8. The minimum absolute atomic E-state index is 0.00258. The lowest BCUT2D eigenvalue weighted by atomic mass is 10.2. The molecule has 11 aromatic rings. The van der Waals surface area contributed by atoms with Gasteiger partial charge in [-0.15, -0.1) is 0 Å². The number of carbonyl (C=O) groups is 4. The number of hydrogen-bond acceptors (Lipinski definition) is 29. The molecule has 7 aromatic carbocycles. The predicted octanol–water partition coefficient (Wildman–Crippen LogP) is 20.3. The molecule has 0 saturated heterocycles. The Balaban J connectivity index is 0.000000321. The Hall–Kier alpha value is -13.4. The second-order valence-electron chi connectivity index (χ2n) is 26.7. The van der Waals surface area contributed by atoms with Gasteiger partial charge in [0, 0.05) is 83.7 Å². The SMILES string of the molecule is C=CC(=O)Cl.CC(C)(C)OC(=O)Nc1cccc(N)c1.CC(C)(C)OC(=O)Nc1cccc(Nc2nc(Cl)ncc2F)c1.Fc1cnc(Cl)nc1Cl.[2H]C([2H])([2H])OC([2H])([2H])C([2H])([2H])Oc1ccc(N)cc1.[2H]C([2H])([2H])OC([2H])([2H])C([2H])([2H])Oc1ccc(Nc2ncc(F)c(Nc3cccc(N)c3)n2)cc1.[2H]C([2H])([2H])OC([2H])([2H])C([2H])([2H])Oc1ccc(Nc2ncc(F)c(Nc3cccc(NC(=O)OC(C)(C)C)c3)n2)cc1. The lowest BCUT2D eigenvalue weighted by molar-refractivity contribution is -0.107. The molecule has 40 heteroatoms. The van der Waals surface area contributed by atoms with Crippen LogP contribution in [0, 0.1) is 23.3 Å². The highest BCUT2D eigenvalue weighted by atomic mass is 35.5. The molecule has 0 aliphatic heterocycles. The molecule has 666 valence electrons. The van der Waals surface area contributed by atoms with Crippen LogP contribution in [-0.4, -0.2) is 141 Å². The van der Waals surface area contributed by atoms with Crippen LogP contribution >= 0.6 is 46.4 Å². The summed E-state index contributed by atoms with van der Waals surface area (Å²) in [6.07, 6.45) is 3.14. The number of carbonyl (C=O) groups excluding carboxylic acids is 4. The minimum Gasteiger partial charge on any atom is -0.491 e. The van der Waals surface area contributed by atoms with Crippen molar-refractivity contribution in [1.29, 1.82) is 0 Å². The first-order valence-corrected chi connectivity index (χ1v) is 36.9. The molecule has 0 aliphatic carbocycles. The van der Waals surface area contributed by atoms with E-state index in [1.54, 1.807) is 139 Å². The Morgan fingerprint density at radius 3 is 1.04 bits per heavy atom. The van der Waals surface area contributed by atoms with Gasteiger partial charge in [-0.25, -0.2) is 56.9 Å². The van der Waals surface area contributed by atoms with Crippen LogP contribution in [0.3, 0.4) is 0 Å². The third-order valence-electron chi connectivity index (χ3n) is 13.1. The van der Waals surface area contributed by atoms with Crippen molar-refractivity contribution in [2.24, 2.45) is 0 Å². The maximum atomic E-state index is 14.5. The molecule has 0 radical (unpaired) electrons. The molecule has 0 aliphatic rings. The molecule has 0 bridgehead atoms. The molecule has 14 N–H and O–H groups in total. The van der Waals surface area contributed by atoms with E-state index in [1.165, 1.54) is 72.8 Å². The third-order valence-corrected chi connectivity index (χ3v) is 13.9. The third kappa shape index (κ3) is 43.8. The van der Waals surface area contributed by atoms with Crippen molar-refractivity contribution in [3.8, 4) is 17.2 Å². The summed E-state index contributed by atoms with van der Waals surface area (Å²) in [5.74, 6) is -3.22. The van der Waals surface area contributed by atoms with E-state index in [9.17, 15) is 36.7 Å². The van der Waals surface area contributed by atoms with E-state index in [-0.39, 0.29) is 62.3 Å². The molecule has 4 heterocycles. The fraction of sp³-hybridized carbons (Fsp3) is 0.247. The van der Waals surface area contributed by atoms with Crippen LogP contribution in [0.5, 0.6) is 17.2 Å². The van der Waals surface area contributed by atoms with Crippen molar-refractivity contribution in [1.82, 2.24) is 39.9 Å². The van der Waals surface area contributed by atoms with Gasteiger partial charge in [0.05, 0.1) is 73.3 Å². The Bertz CT molecular complexity index is 6190.